The van der Waals surface area contributed by atoms with Crippen LogP contribution >= 0.6 is 11.3 Å². The normalized spacial score (nSPS) is 10.8. The monoisotopic (exact) mass is 268 g/mol. The standard InChI is InChI=1S/C17H16OS/c1-12-8-17-15(13(2)11-19-17)9-16(12)18-10-14-6-4-3-5-7-14/h3-9,11H,10H2,1-2H3. The Bertz CT molecular complexity index is 698. The summed E-state index contributed by atoms with van der Waals surface area (Å²) in [7, 11) is 0. The first-order valence-corrected chi connectivity index (χ1v) is 7.27. The molecule has 0 bridgehead atoms. The van der Waals surface area contributed by atoms with E-state index in [1.807, 2.05) is 18.2 Å². The summed E-state index contributed by atoms with van der Waals surface area (Å²) in [6, 6.07) is 14.7. The van der Waals surface area contributed by atoms with Crippen molar-refractivity contribution in [1.82, 2.24) is 0 Å². The Labute approximate surface area is 117 Å². The number of fused-ring (bicyclic) bond motifs is 1. The van der Waals surface area contributed by atoms with Gasteiger partial charge < -0.3 is 4.74 Å². The summed E-state index contributed by atoms with van der Waals surface area (Å²) in [5.41, 5.74) is 3.72. The van der Waals surface area contributed by atoms with Gasteiger partial charge in [0, 0.05) is 4.70 Å². The van der Waals surface area contributed by atoms with Crippen LogP contribution in [0.3, 0.4) is 0 Å². The highest BCUT2D eigenvalue weighted by atomic mass is 32.1. The van der Waals surface area contributed by atoms with E-state index in [1.165, 1.54) is 26.8 Å². The Hall–Kier alpha value is -1.80. The number of hydrogen-bond acceptors (Lipinski definition) is 2. The number of benzene rings is 2. The molecule has 0 aliphatic carbocycles. The average Bonchev–Trinajstić information content (AvgIpc) is 2.78. The van der Waals surface area contributed by atoms with Crippen molar-refractivity contribution in [3.63, 3.8) is 0 Å². The van der Waals surface area contributed by atoms with Gasteiger partial charge in [0.25, 0.3) is 0 Å². The summed E-state index contributed by atoms with van der Waals surface area (Å²) in [5.74, 6) is 0.984. The fourth-order valence-electron chi connectivity index (χ4n) is 2.17. The van der Waals surface area contributed by atoms with E-state index in [-0.39, 0.29) is 0 Å². The van der Waals surface area contributed by atoms with Gasteiger partial charge in [0.2, 0.25) is 0 Å². The molecule has 2 heteroatoms. The second-order valence-electron chi connectivity index (χ2n) is 4.81. The van der Waals surface area contributed by atoms with Crippen molar-refractivity contribution in [2.45, 2.75) is 20.5 Å². The fraction of sp³-hybridized carbons (Fsp3) is 0.176. The number of rotatable bonds is 3. The lowest BCUT2D eigenvalue weighted by Gasteiger charge is -2.10. The lowest BCUT2D eigenvalue weighted by molar-refractivity contribution is 0.304. The van der Waals surface area contributed by atoms with Crippen molar-refractivity contribution in [2.24, 2.45) is 0 Å². The van der Waals surface area contributed by atoms with E-state index in [4.69, 9.17) is 4.74 Å². The summed E-state index contributed by atoms with van der Waals surface area (Å²) >= 11 is 1.80. The second-order valence-corrected chi connectivity index (χ2v) is 5.72. The van der Waals surface area contributed by atoms with Gasteiger partial charge in [-0.1, -0.05) is 30.3 Å². The van der Waals surface area contributed by atoms with Crippen LogP contribution < -0.4 is 4.74 Å². The van der Waals surface area contributed by atoms with Crippen molar-refractivity contribution in [1.29, 1.82) is 0 Å². The highest BCUT2D eigenvalue weighted by Crippen LogP contribution is 2.32. The molecule has 0 radical (unpaired) electrons. The predicted octanol–water partition coefficient (Wildman–Crippen LogP) is 5.10. The molecule has 0 aliphatic rings. The summed E-state index contributed by atoms with van der Waals surface area (Å²) in [6.07, 6.45) is 0. The van der Waals surface area contributed by atoms with Crippen LogP contribution in [0.5, 0.6) is 5.75 Å². The molecule has 0 saturated heterocycles. The fourth-order valence-corrected chi connectivity index (χ4v) is 3.20. The van der Waals surface area contributed by atoms with Gasteiger partial charge in [0.05, 0.1) is 0 Å². The third-order valence-electron chi connectivity index (χ3n) is 3.30. The average molecular weight is 268 g/mol. The Morgan fingerprint density at radius 3 is 2.58 bits per heavy atom. The molecule has 3 rings (SSSR count). The predicted molar refractivity (Wildman–Crippen MR) is 82.1 cm³/mol. The quantitative estimate of drug-likeness (QED) is 0.642. The van der Waals surface area contributed by atoms with Crippen LogP contribution in [-0.2, 0) is 6.61 Å². The Morgan fingerprint density at radius 2 is 1.79 bits per heavy atom. The number of thiophene rings is 1. The lowest BCUT2D eigenvalue weighted by Crippen LogP contribution is -1.96. The minimum absolute atomic E-state index is 0.621. The summed E-state index contributed by atoms with van der Waals surface area (Å²) in [5, 5.41) is 3.50. The smallest absolute Gasteiger partial charge is 0.123 e. The molecule has 1 aromatic heterocycles. The molecule has 0 N–H and O–H groups in total. The zero-order valence-corrected chi connectivity index (χ0v) is 12.0. The van der Waals surface area contributed by atoms with Crippen LogP contribution in [0.4, 0.5) is 0 Å². The SMILES string of the molecule is Cc1cc2scc(C)c2cc1OCc1ccccc1. The van der Waals surface area contributed by atoms with Gasteiger partial charge in [0.15, 0.2) is 0 Å². The molecule has 96 valence electrons. The molecule has 19 heavy (non-hydrogen) atoms. The first kappa shape index (κ1) is 12.2. The van der Waals surface area contributed by atoms with E-state index in [0.29, 0.717) is 6.61 Å². The van der Waals surface area contributed by atoms with Gasteiger partial charge in [-0.2, -0.15) is 0 Å². The zero-order chi connectivity index (χ0) is 13.2. The lowest BCUT2D eigenvalue weighted by atomic mass is 10.1. The number of aryl methyl sites for hydroxylation is 2. The van der Waals surface area contributed by atoms with Crippen molar-refractivity contribution >= 4 is 21.4 Å². The number of ether oxygens (including phenoxy) is 1. The Balaban J connectivity index is 1.88. The molecule has 0 unspecified atom stereocenters. The van der Waals surface area contributed by atoms with E-state index in [9.17, 15) is 0 Å². The second kappa shape index (κ2) is 5.06. The highest BCUT2D eigenvalue weighted by Gasteiger charge is 2.06. The van der Waals surface area contributed by atoms with Crippen molar-refractivity contribution in [3.8, 4) is 5.75 Å². The minimum atomic E-state index is 0.621. The Kier molecular flexibility index (Phi) is 3.26. The molecule has 1 heterocycles. The zero-order valence-electron chi connectivity index (χ0n) is 11.1. The summed E-state index contributed by atoms with van der Waals surface area (Å²) < 4.78 is 7.30. The summed E-state index contributed by atoms with van der Waals surface area (Å²) in [6.45, 7) is 4.88. The van der Waals surface area contributed by atoms with Crippen LogP contribution in [-0.4, -0.2) is 0 Å². The largest absolute Gasteiger partial charge is 0.489 e. The van der Waals surface area contributed by atoms with Crippen molar-refractivity contribution in [2.75, 3.05) is 0 Å². The molecule has 3 aromatic rings. The maximum absolute atomic E-state index is 5.96. The molecule has 0 saturated carbocycles. The van der Waals surface area contributed by atoms with Crippen molar-refractivity contribution in [3.05, 3.63) is 64.5 Å². The van der Waals surface area contributed by atoms with E-state index >= 15 is 0 Å². The third kappa shape index (κ3) is 2.49. The third-order valence-corrected chi connectivity index (χ3v) is 4.36. The molecular formula is C17H16OS. The molecule has 0 amide bonds. The molecule has 1 nitrogen and oxygen atoms in total. The van der Waals surface area contributed by atoms with Gasteiger partial charge in [-0.05, 0) is 53.4 Å². The maximum Gasteiger partial charge on any atom is 0.123 e. The Morgan fingerprint density at radius 1 is 1.00 bits per heavy atom. The first-order chi connectivity index (χ1) is 9.24. The van der Waals surface area contributed by atoms with Crippen LogP contribution in [0.25, 0.3) is 10.1 Å². The van der Waals surface area contributed by atoms with Gasteiger partial charge >= 0.3 is 0 Å². The van der Waals surface area contributed by atoms with Crippen molar-refractivity contribution < 1.29 is 4.74 Å². The minimum Gasteiger partial charge on any atom is -0.489 e. The van der Waals surface area contributed by atoms with E-state index < -0.39 is 0 Å². The molecular weight excluding hydrogens is 252 g/mol. The van der Waals surface area contributed by atoms with Gasteiger partial charge in [0.1, 0.15) is 12.4 Å². The van der Waals surface area contributed by atoms with Gasteiger partial charge in [-0.3, -0.25) is 0 Å². The molecule has 2 aromatic carbocycles. The van der Waals surface area contributed by atoms with Crippen LogP contribution in [0.2, 0.25) is 0 Å². The van der Waals surface area contributed by atoms with Crippen LogP contribution in [0, 0.1) is 13.8 Å². The van der Waals surface area contributed by atoms with Crippen LogP contribution in [0.15, 0.2) is 47.8 Å². The molecule has 0 fully saturated rings. The van der Waals surface area contributed by atoms with E-state index in [1.54, 1.807) is 11.3 Å². The topological polar surface area (TPSA) is 9.23 Å². The van der Waals surface area contributed by atoms with Crippen LogP contribution in [0.1, 0.15) is 16.7 Å². The van der Waals surface area contributed by atoms with E-state index in [0.717, 1.165) is 5.75 Å². The molecule has 0 spiro atoms. The molecule has 0 aliphatic heterocycles. The summed E-state index contributed by atoms with van der Waals surface area (Å²) in [4.78, 5) is 0. The molecule has 0 atom stereocenters. The first-order valence-electron chi connectivity index (χ1n) is 6.39. The van der Waals surface area contributed by atoms with Gasteiger partial charge in [-0.15, -0.1) is 11.3 Å². The highest BCUT2D eigenvalue weighted by molar-refractivity contribution is 7.17. The van der Waals surface area contributed by atoms with E-state index in [2.05, 4.69) is 43.5 Å². The van der Waals surface area contributed by atoms with Gasteiger partial charge in [-0.25, -0.2) is 0 Å². The number of hydrogen-bond donors (Lipinski definition) is 0. The maximum atomic E-state index is 5.96.